The number of nitrogens with zero attached hydrogens (tertiary/aromatic N) is 6. The summed E-state index contributed by atoms with van der Waals surface area (Å²) in [6.45, 7) is 12.1. The topological polar surface area (TPSA) is 210 Å². The number of ether oxygens (including phenoxy) is 4. The van der Waals surface area contributed by atoms with Gasteiger partial charge in [-0.1, -0.05) is 24.3 Å². The molecule has 368 valence electrons. The molecule has 18 heteroatoms. The van der Waals surface area contributed by atoms with E-state index < -0.39 is 24.3 Å². The predicted octanol–water partition coefficient (Wildman–Crippen LogP) is 7.74. The lowest BCUT2D eigenvalue weighted by Gasteiger charge is -2.39. The molecule has 69 heavy (non-hydrogen) atoms. The van der Waals surface area contributed by atoms with Crippen LogP contribution in [0.5, 0.6) is 0 Å². The van der Waals surface area contributed by atoms with E-state index in [2.05, 4.69) is 37.1 Å². The molecule has 5 aromatic rings. The van der Waals surface area contributed by atoms with Gasteiger partial charge in [-0.05, 0) is 122 Å². The molecule has 4 saturated heterocycles. The Bertz CT molecular complexity index is 2620. The fraction of sp³-hybridized carbons (Fsp3) is 0.549. The van der Waals surface area contributed by atoms with Gasteiger partial charge in [-0.3, -0.25) is 14.6 Å². The molecule has 1 aromatic carbocycles. The Kier molecular flexibility index (Phi) is 13.8. The first kappa shape index (κ1) is 47.8. The molecule has 4 aliphatic rings. The highest BCUT2D eigenvalue weighted by Gasteiger charge is 2.46. The molecule has 8 heterocycles. The fourth-order valence-corrected chi connectivity index (χ4v) is 11.7. The van der Waals surface area contributed by atoms with Gasteiger partial charge in [0.05, 0.1) is 91.9 Å². The number of aromatic amines is 2. The summed E-state index contributed by atoms with van der Waals surface area (Å²) < 4.78 is 24.0. The number of hydrogen-bond acceptors (Lipinski definition) is 11. The van der Waals surface area contributed by atoms with Gasteiger partial charge < -0.3 is 53.7 Å². The number of nitrogens with one attached hydrogen (secondary N) is 4. The van der Waals surface area contributed by atoms with Crippen molar-refractivity contribution in [1.29, 1.82) is 0 Å². The van der Waals surface area contributed by atoms with E-state index >= 15 is 0 Å². The number of aromatic nitrogens is 6. The van der Waals surface area contributed by atoms with Crippen molar-refractivity contribution in [1.82, 2.24) is 49.8 Å². The van der Waals surface area contributed by atoms with Crippen molar-refractivity contribution in [3.05, 3.63) is 72.8 Å². The van der Waals surface area contributed by atoms with Crippen LogP contribution in [0, 0.1) is 11.8 Å². The number of carbonyl (C=O) groups excluding carboxylic acids is 4. The molecule has 18 nitrogen and oxygen atoms in total. The number of hydrogen-bond donors (Lipinski definition) is 4. The van der Waals surface area contributed by atoms with Crippen LogP contribution in [0.2, 0.25) is 0 Å². The molecule has 0 spiro atoms. The van der Waals surface area contributed by atoms with Crippen molar-refractivity contribution in [2.45, 2.75) is 154 Å². The van der Waals surface area contributed by atoms with E-state index in [-0.39, 0.29) is 72.2 Å². The van der Waals surface area contributed by atoms with Gasteiger partial charge in [0.2, 0.25) is 11.8 Å². The second-order valence-corrected chi connectivity index (χ2v) is 19.8. The van der Waals surface area contributed by atoms with Gasteiger partial charge in [0, 0.05) is 23.8 Å². The maximum atomic E-state index is 14.5. The molecule has 0 bridgehead atoms. The number of methoxy groups -OCH3 is 2. The largest absolute Gasteiger partial charge is 0.453 e. The molecule has 4 unspecified atom stereocenters. The number of fused-ring (bicyclic) bond motifs is 1. The molecule has 0 radical (unpaired) electrons. The molecule has 4 aliphatic heterocycles. The first-order valence-corrected chi connectivity index (χ1v) is 24.5. The Hall–Kier alpha value is -6.27. The van der Waals surface area contributed by atoms with E-state index in [9.17, 15) is 19.2 Å². The zero-order chi connectivity index (χ0) is 48.7. The fourth-order valence-electron chi connectivity index (χ4n) is 11.7. The number of carbonyl (C=O) groups is 4. The number of alkyl carbamates (subject to hydrolysis) is 2. The van der Waals surface area contributed by atoms with Gasteiger partial charge in [0.1, 0.15) is 29.4 Å². The second-order valence-electron chi connectivity index (χ2n) is 19.8. The zero-order valence-electron chi connectivity index (χ0n) is 40.8. The molecular formula is C51H66N10O8. The second kappa shape index (κ2) is 20.0. The lowest BCUT2D eigenvalue weighted by atomic mass is 9.85. The molecule has 0 aliphatic carbocycles. The van der Waals surface area contributed by atoms with Gasteiger partial charge in [-0.25, -0.2) is 19.6 Å². The van der Waals surface area contributed by atoms with Crippen LogP contribution in [0.3, 0.4) is 0 Å². The third kappa shape index (κ3) is 9.69. The third-order valence-electron chi connectivity index (χ3n) is 14.8. The predicted molar refractivity (Wildman–Crippen MR) is 256 cm³/mol. The van der Waals surface area contributed by atoms with Crippen molar-refractivity contribution in [3.63, 3.8) is 0 Å². The van der Waals surface area contributed by atoms with E-state index in [1.54, 1.807) is 6.20 Å². The standard InChI is InChI=1S/C51H66N10O8/c1-27-11-17-40(60(27)48(62)43(57-50(64)66-7)35-20-29(3)68-30(4)21-35)46-53-24-37(55-46)33-13-15-34(16-14-33)42-26-52-45(39-10-9-19-59(39)42)38-25-54-47(56-38)41-18-12-28(2)61(41)49(63)44(58-51(65)67-8)36-22-31(5)69-32(6)23-36/h9-10,13-16,19,24-32,35-36,40-41,43-44H,11-12,17-18,20-23H2,1-8H3,(H,53,55)(H,54,56)(H,57,64)(H,58,65)/t27-,28?,29-,30+,31-,32+,35?,36?,40-,41-,43?,44-/m0/s1. The van der Waals surface area contributed by atoms with Crippen LogP contribution in [-0.2, 0) is 28.5 Å². The van der Waals surface area contributed by atoms with Gasteiger partial charge in [-0.2, -0.15) is 0 Å². The average molecular weight is 947 g/mol. The highest BCUT2D eigenvalue weighted by atomic mass is 16.5. The lowest BCUT2D eigenvalue weighted by Crippen LogP contribution is -2.55. The maximum absolute atomic E-state index is 14.5. The molecule has 4 amide bonds. The number of imidazole rings is 2. The van der Waals surface area contributed by atoms with E-state index in [0.29, 0.717) is 37.3 Å². The summed E-state index contributed by atoms with van der Waals surface area (Å²) in [6, 6.07) is 10.0. The van der Waals surface area contributed by atoms with Crippen LogP contribution in [0.15, 0.2) is 61.2 Å². The van der Waals surface area contributed by atoms with E-state index in [4.69, 9.17) is 33.9 Å². The molecular weight excluding hydrogens is 881 g/mol. The molecule has 0 saturated carbocycles. The Labute approximate surface area is 402 Å². The highest BCUT2D eigenvalue weighted by Crippen LogP contribution is 2.41. The van der Waals surface area contributed by atoms with Crippen molar-refractivity contribution >= 4 is 29.5 Å². The summed E-state index contributed by atoms with van der Waals surface area (Å²) >= 11 is 0. The van der Waals surface area contributed by atoms with Gasteiger partial charge in [-0.15, -0.1) is 0 Å². The normalized spacial score (nSPS) is 28.1. The SMILES string of the molecule is COC(=O)NC(C(=O)N1[C@@H](C)CC[C@H]1c1ncc(-c2ccc(-c3cnc(-c4cnc([C@@H]5CCC(C)N5C(=O)[C@@H](NC(=O)OC)C5C[C@@H](C)O[C@@H](C)C5)[nH]4)c4cccn34)cc2)[nH]1)C1C[C@@H](C)O[C@@H](C)C1. The van der Waals surface area contributed by atoms with Crippen LogP contribution in [0.4, 0.5) is 9.59 Å². The number of H-pyrrole nitrogens is 2. The summed E-state index contributed by atoms with van der Waals surface area (Å²) in [5.74, 6) is 0.881. The lowest BCUT2D eigenvalue weighted by molar-refractivity contribution is -0.141. The van der Waals surface area contributed by atoms with Gasteiger partial charge >= 0.3 is 12.2 Å². The Balaban J connectivity index is 0.917. The first-order valence-electron chi connectivity index (χ1n) is 24.5. The van der Waals surface area contributed by atoms with Crippen molar-refractivity contribution in [3.8, 4) is 33.9 Å². The Morgan fingerprint density at radius 3 is 1.58 bits per heavy atom. The smallest absolute Gasteiger partial charge is 0.407 e. The zero-order valence-corrected chi connectivity index (χ0v) is 40.8. The summed E-state index contributed by atoms with van der Waals surface area (Å²) in [6.07, 6.45) is 11.7. The minimum atomic E-state index is -0.762. The number of likely N-dealkylation sites (tertiary alicyclic amines) is 2. The molecule has 4 aromatic heterocycles. The average Bonchev–Trinajstić information content (AvgIpc) is 4.20. The van der Waals surface area contributed by atoms with E-state index in [0.717, 1.165) is 65.1 Å². The van der Waals surface area contributed by atoms with Crippen molar-refractivity contribution < 1.29 is 38.1 Å². The quantitative estimate of drug-likeness (QED) is 0.101. The molecule has 4 fully saturated rings. The minimum Gasteiger partial charge on any atom is -0.453 e. The number of rotatable bonds is 11. The third-order valence-corrected chi connectivity index (χ3v) is 14.8. The Morgan fingerprint density at radius 1 is 0.623 bits per heavy atom. The Morgan fingerprint density at radius 2 is 1.09 bits per heavy atom. The van der Waals surface area contributed by atoms with Crippen molar-refractivity contribution in [2.24, 2.45) is 11.8 Å². The minimum absolute atomic E-state index is 0.0329. The van der Waals surface area contributed by atoms with Crippen LogP contribution in [-0.4, -0.2) is 126 Å². The van der Waals surface area contributed by atoms with E-state index in [1.165, 1.54) is 14.2 Å². The molecule has 12 atom stereocenters. The molecule has 4 N–H and O–H groups in total. The molecule has 9 rings (SSSR count). The highest BCUT2D eigenvalue weighted by molar-refractivity contribution is 5.88. The maximum Gasteiger partial charge on any atom is 0.407 e. The number of amides is 4. The van der Waals surface area contributed by atoms with Gasteiger partial charge in [0.25, 0.3) is 0 Å². The first-order chi connectivity index (χ1) is 33.2. The summed E-state index contributed by atoms with van der Waals surface area (Å²) in [4.78, 5) is 79.6. The van der Waals surface area contributed by atoms with Crippen molar-refractivity contribution in [2.75, 3.05) is 14.2 Å². The van der Waals surface area contributed by atoms with Crippen LogP contribution in [0.1, 0.15) is 117 Å². The van der Waals surface area contributed by atoms with Crippen LogP contribution in [0.25, 0.3) is 39.4 Å². The van der Waals surface area contributed by atoms with E-state index in [1.807, 2.05) is 94.2 Å². The van der Waals surface area contributed by atoms with Crippen LogP contribution >= 0.6 is 0 Å². The summed E-state index contributed by atoms with van der Waals surface area (Å²) in [5.41, 5.74) is 5.97. The van der Waals surface area contributed by atoms with Gasteiger partial charge in [0.15, 0.2) is 0 Å². The van der Waals surface area contributed by atoms with Crippen LogP contribution < -0.4 is 10.6 Å². The summed E-state index contributed by atoms with van der Waals surface area (Å²) in [5, 5.41) is 5.76. The summed E-state index contributed by atoms with van der Waals surface area (Å²) in [7, 11) is 2.62. The number of benzene rings is 1. The monoisotopic (exact) mass is 947 g/mol.